The van der Waals surface area contributed by atoms with Gasteiger partial charge in [0, 0.05) is 0 Å². The molecule has 0 aliphatic heterocycles. The molecule has 3 fully saturated rings. The van der Waals surface area contributed by atoms with E-state index in [1.807, 2.05) is 84.9 Å². The van der Waals surface area contributed by atoms with E-state index in [-0.39, 0.29) is 11.8 Å². The highest BCUT2D eigenvalue weighted by Gasteiger charge is 2.53. The lowest BCUT2D eigenvalue weighted by Gasteiger charge is -2.46. The van der Waals surface area contributed by atoms with Crippen LogP contribution in [-0.2, 0) is 9.59 Å². The average Bonchev–Trinajstić information content (AvgIpc) is 3.51. The number of rotatable bonds is 8. The zero-order valence-electron chi connectivity index (χ0n) is 24.5. The summed E-state index contributed by atoms with van der Waals surface area (Å²) in [6.45, 7) is 0. The molecule has 3 aliphatic rings. The van der Waals surface area contributed by atoms with Crippen LogP contribution in [0.1, 0.15) is 87.4 Å². The number of carbonyl (C=O) groups excluding carboxylic acids is 2. The third-order valence-electron chi connectivity index (χ3n) is 10.7. The Labute approximate surface area is 252 Å². The molecule has 4 aromatic carbocycles. The minimum absolute atomic E-state index is 0.335. The summed E-state index contributed by atoms with van der Waals surface area (Å²) in [6.07, 6.45) is 6.58. The van der Waals surface area contributed by atoms with Crippen molar-refractivity contribution in [3.8, 4) is 0 Å². The lowest BCUT2D eigenvalue weighted by molar-refractivity contribution is -0.149. The summed E-state index contributed by atoms with van der Waals surface area (Å²) in [7, 11) is 0. The van der Waals surface area contributed by atoms with Crippen molar-refractivity contribution in [2.75, 3.05) is 0 Å². The van der Waals surface area contributed by atoms with Crippen LogP contribution < -0.4 is 10.6 Å². The first-order valence-corrected chi connectivity index (χ1v) is 15.9. The molecule has 0 unspecified atom stereocenters. The molecule has 4 aromatic rings. The summed E-state index contributed by atoms with van der Waals surface area (Å²) < 4.78 is 0. The molecule has 43 heavy (non-hydrogen) atoms. The van der Waals surface area contributed by atoms with Crippen molar-refractivity contribution in [1.29, 1.82) is 0 Å². The highest BCUT2D eigenvalue weighted by Crippen LogP contribution is 2.48. The van der Waals surface area contributed by atoms with Crippen molar-refractivity contribution in [2.45, 2.75) is 87.5 Å². The van der Waals surface area contributed by atoms with Gasteiger partial charge in [-0.1, -0.05) is 97.8 Å². The third kappa shape index (κ3) is 4.72. The molecule has 0 aromatic heterocycles. The summed E-state index contributed by atoms with van der Waals surface area (Å²) >= 11 is 0. The van der Waals surface area contributed by atoms with Gasteiger partial charge in [-0.2, -0.15) is 0 Å². The molecular weight excluding hydrogens is 536 g/mol. The number of carbonyl (C=O) groups is 2. The van der Waals surface area contributed by atoms with E-state index in [0.29, 0.717) is 38.5 Å². The van der Waals surface area contributed by atoms with Crippen LogP contribution in [0.25, 0.3) is 21.5 Å². The lowest BCUT2D eigenvalue weighted by Crippen LogP contribution is -2.58. The summed E-state index contributed by atoms with van der Waals surface area (Å²) in [5.74, 6) is -0.670. The molecule has 2 atom stereocenters. The van der Waals surface area contributed by atoms with Crippen LogP contribution in [0.3, 0.4) is 0 Å². The second kappa shape index (κ2) is 10.8. The fourth-order valence-electron chi connectivity index (χ4n) is 7.74. The predicted molar refractivity (Wildman–Crippen MR) is 168 cm³/mol. The molecular formula is C37H40N2O4. The fourth-order valence-corrected chi connectivity index (χ4v) is 7.74. The van der Waals surface area contributed by atoms with E-state index in [1.165, 1.54) is 0 Å². The molecule has 222 valence electrons. The Hall–Kier alpha value is -3.74. The van der Waals surface area contributed by atoms with Crippen molar-refractivity contribution in [1.82, 2.24) is 10.6 Å². The molecule has 4 N–H and O–H groups in total. The average molecular weight is 577 g/mol. The van der Waals surface area contributed by atoms with Crippen LogP contribution in [-0.4, -0.2) is 33.2 Å². The van der Waals surface area contributed by atoms with Crippen LogP contribution in [0.5, 0.6) is 0 Å². The molecule has 7 rings (SSSR count). The largest absolute Gasteiger partial charge is 0.387 e. The smallest absolute Gasteiger partial charge is 0.236 e. The van der Waals surface area contributed by atoms with Crippen LogP contribution in [0, 0.1) is 5.41 Å². The van der Waals surface area contributed by atoms with Gasteiger partial charge in [0.1, 0.15) is 5.41 Å². The predicted octanol–water partition coefficient (Wildman–Crippen LogP) is 6.40. The highest BCUT2D eigenvalue weighted by molar-refractivity contribution is 6.06. The molecule has 3 aliphatic carbocycles. The van der Waals surface area contributed by atoms with Crippen molar-refractivity contribution >= 4 is 33.4 Å². The van der Waals surface area contributed by atoms with Gasteiger partial charge in [-0.25, -0.2) is 0 Å². The molecule has 2 amide bonds. The number of nitrogens with one attached hydrogen (secondary N) is 2. The second-order valence-electron chi connectivity index (χ2n) is 13.2. The van der Waals surface area contributed by atoms with E-state index in [4.69, 9.17) is 0 Å². The van der Waals surface area contributed by atoms with Crippen molar-refractivity contribution in [3.05, 3.63) is 96.1 Å². The van der Waals surface area contributed by atoms with Crippen molar-refractivity contribution < 1.29 is 19.8 Å². The molecule has 0 heterocycles. The Morgan fingerprint density at radius 3 is 1.33 bits per heavy atom. The topological polar surface area (TPSA) is 98.7 Å². The highest BCUT2D eigenvalue weighted by atomic mass is 16.3. The van der Waals surface area contributed by atoms with E-state index < -0.39 is 28.7 Å². The fraction of sp³-hybridized carbons (Fsp3) is 0.405. The summed E-state index contributed by atoms with van der Waals surface area (Å²) in [5.41, 5.74) is -1.66. The van der Waals surface area contributed by atoms with Gasteiger partial charge in [0.05, 0.1) is 23.3 Å². The van der Waals surface area contributed by atoms with Gasteiger partial charge in [-0.15, -0.1) is 0 Å². The Morgan fingerprint density at radius 1 is 0.535 bits per heavy atom. The van der Waals surface area contributed by atoms with Gasteiger partial charge >= 0.3 is 0 Å². The SMILES string of the molecule is O=C(N[C@@H](c1cccc2ccccc12)C1(O)CCC1)C1(C(=O)N[C@@H](c2cccc3ccccc23)C2(O)CCC2)CCCC1. The van der Waals surface area contributed by atoms with E-state index in [1.54, 1.807) is 0 Å². The summed E-state index contributed by atoms with van der Waals surface area (Å²) in [6, 6.07) is 26.7. The van der Waals surface area contributed by atoms with Gasteiger partial charge in [0.25, 0.3) is 0 Å². The molecule has 6 heteroatoms. The number of aliphatic hydroxyl groups is 2. The minimum Gasteiger partial charge on any atom is -0.387 e. The maximum absolute atomic E-state index is 14.4. The van der Waals surface area contributed by atoms with Gasteiger partial charge < -0.3 is 20.8 Å². The quantitative estimate of drug-likeness (QED) is 0.183. The van der Waals surface area contributed by atoms with Crippen LogP contribution >= 0.6 is 0 Å². The first-order valence-electron chi connectivity index (χ1n) is 15.9. The Balaban J connectivity index is 1.23. The van der Waals surface area contributed by atoms with Crippen LogP contribution in [0.15, 0.2) is 84.9 Å². The normalized spacial score (nSPS) is 21.3. The standard InChI is InChI=1S/C37H40N2O4/c40-33(38-31(36(42)21-9-22-36)29-17-7-13-25-11-1-3-15-27(25)29)35(19-5-6-20-35)34(41)39-32(37(43)23-10-24-37)30-18-8-14-26-12-2-4-16-28(26)30/h1-4,7-8,11-18,31-32,42-43H,5-6,9-10,19-24H2,(H,38,40)(H,39,41)/t31-,32-/m0/s1. The minimum atomic E-state index is -1.27. The van der Waals surface area contributed by atoms with E-state index in [0.717, 1.165) is 58.4 Å². The monoisotopic (exact) mass is 576 g/mol. The Kier molecular flexibility index (Phi) is 7.02. The number of hydrogen-bond acceptors (Lipinski definition) is 4. The van der Waals surface area contributed by atoms with E-state index >= 15 is 0 Å². The first kappa shape index (κ1) is 28.1. The molecule has 3 saturated carbocycles. The number of fused-ring (bicyclic) bond motifs is 2. The zero-order chi connectivity index (χ0) is 29.7. The summed E-state index contributed by atoms with van der Waals surface area (Å²) in [5, 5.41) is 33.9. The van der Waals surface area contributed by atoms with Gasteiger partial charge in [-0.3, -0.25) is 9.59 Å². The first-order chi connectivity index (χ1) is 20.8. The van der Waals surface area contributed by atoms with Crippen LogP contribution in [0.4, 0.5) is 0 Å². The summed E-state index contributed by atoms with van der Waals surface area (Å²) in [4.78, 5) is 28.9. The zero-order valence-corrected chi connectivity index (χ0v) is 24.5. The molecule has 0 bridgehead atoms. The van der Waals surface area contributed by atoms with Crippen molar-refractivity contribution in [3.63, 3.8) is 0 Å². The number of amides is 2. The third-order valence-corrected chi connectivity index (χ3v) is 10.7. The van der Waals surface area contributed by atoms with Gasteiger partial charge in [0.15, 0.2) is 0 Å². The Bertz CT molecular complexity index is 1550. The van der Waals surface area contributed by atoms with Crippen LogP contribution in [0.2, 0.25) is 0 Å². The molecule has 6 nitrogen and oxygen atoms in total. The molecule has 0 radical (unpaired) electrons. The molecule has 0 saturated heterocycles. The second-order valence-corrected chi connectivity index (χ2v) is 13.2. The van der Waals surface area contributed by atoms with Crippen molar-refractivity contribution in [2.24, 2.45) is 5.41 Å². The number of hydrogen-bond donors (Lipinski definition) is 4. The van der Waals surface area contributed by atoms with E-state index in [2.05, 4.69) is 10.6 Å². The number of benzene rings is 4. The maximum atomic E-state index is 14.4. The molecule has 0 spiro atoms. The van der Waals surface area contributed by atoms with Gasteiger partial charge in [-0.05, 0) is 84.0 Å². The van der Waals surface area contributed by atoms with Gasteiger partial charge in [0.2, 0.25) is 11.8 Å². The lowest BCUT2D eigenvalue weighted by atomic mass is 9.70. The van der Waals surface area contributed by atoms with E-state index in [9.17, 15) is 19.8 Å². The Morgan fingerprint density at radius 2 is 0.930 bits per heavy atom. The maximum Gasteiger partial charge on any atom is 0.236 e.